The van der Waals surface area contributed by atoms with Crippen LogP contribution in [0.1, 0.15) is 38.8 Å². The SMILES string of the molecule is CCCOc1ccc(C(C(=O)O)N2CCNCC2C)cc1OCC. The number of ether oxygens (including phenoxy) is 2. The zero-order valence-corrected chi connectivity index (χ0v) is 14.7. The average Bonchev–Trinajstić information content (AvgIpc) is 2.56. The third-order valence-corrected chi connectivity index (χ3v) is 4.16. The maximum Gasteiger partial charge on any atom is 0.325 e. The molecule has 1 aromatic carbocycles. The van der Waals surface area contributed by atoms with Gasteiger partial charge in [0.2, 0.25) is 0 Å². The Kier molecular flexibility index (Phi) is 6.87. The first-order valence-corrected chi connectivity index (χ1v) is 8.67. The monoisotopic (exact) mass is 336 g/mol. The molecule has 1 aliphatic rings. The van der Waals surface area contributed by atoms with Crippen LogP contribution in [0.25, 0.3) is 0 Å². The van der Waals surface area contributed by atoms with E-state index in [0.717, 1.165) is 25.1 Å². The number of piperazine rings is 1. The summed E-state index contributed by atoms with van der Waals surface area (Å²) in [6, 6.07) is 4.94. The number of carbonyl (C=O) groups is 1. The molecule has 134 valence electrons. The van der Waals surface area contributed by atoms with Gasteiger partial charge in [0, 0.05) is 25.7 Å². The van der Waals surface area contributed by atoms with Crippen molar-refractivity contribution < 1.29 is 19.4 Å². The van der Waals surface area contributed by atoms with Gasteiger partial charge in [0.05, 0.1) is 13.2 Å². The van der Waals surface area contributed by atoms with Crippen molar-refractivity contribution in [2.24, 2.45) is 0 Å². The summed E-state index contributed by atoms with van der Waals surface area (Å²) in [7, 11) is 0. The summed E-state index contributed by atoms with van der Waals surface area (Å²) < 4.78 is 11.4. The van der Waals surface area contributed by atoms with Crippen LogP contribution in [0, 0.1) is 0 Å². The van der Waals surface area contributed by atoms with E-state index in [1.807, 2.05) is 43.9 Å². The summed E-state index contributed by atoms with van der Waals surface area (Å²) in [5, 5.41) is 13.1. The summed E-state index contributed by atoms with van der Waals surface area (Å²) in [5.41, 5.74) is 0.726. The molecule has 0 aromatic heterocycles. The smallest absolute Gasteiger partial charge is 0.325 e. The lowest BCUT2D eigenvalue weighted by molar-refractivity contribution is -0.145. The number of hydrogen-bond donors (Lipinski definition) is 2. The van der Waals surface area contributed by atoms with Crippen LogP contribution in [0.3, 0.4) is 0 Å². The molecule has 0 saturated carbocycles. The first-order valence-electron chi connectivity index (χ1n) is 8.67. The standard InChI is InChI=1S/C18H28N2O4/c1-4-10-24-15-7-6-14(11-16(15)23-5-2)17(18(21)22)20-9-8-19-12-13(20)3/h6-7,11,13,17,19H,4-5,8-10,12H2,1-3H3,(H,21,22). The van der Waals surface area contributed by atoms with E-state index in [2.05, 4.69) is 5.32 Å². The van der Waals surface area contributed by atoms with E-state index in [-0.39, 0.29) is 6.04 Å². The molecule has 1 saturated heterocycles. The van der Waals surface area contributed by atoms with Crippen molar-refractivity contribution in [3.05, 3.63) is 23.8 Å². The summed E-state index contributed by atoms with van der Waals surface area (Å²) in [6.07, 6.45) is 0.906. The van der Waals surface area contributed by atoms with Gasteiger partial charge in [-0.15, -0.1) is 0 Å². The van der Waals surface area contributed by atoms with Gasteiger partial charge >= 0.3 is 5.97 Å². The fourth-order valence-electron chi connectivity index (χ4n) is 3.01. The van der Waals surface area contributed by atoms with Gasteiger partial charge in [0.1, 0.15) is 6.04 Å². The Morgan fingerprint density at radius 2 is 2.17 bits per heavy atom. The van der Waals surface area contributed by atoms with Crippen molar-refractivity contribution in [3.8, 4) is 11.5 Å². The quantitative estimate of drug-likeness (QED) is 0.759. The molecule has 1 fully saturated rings. The molecule has 0 bridgehead atoms. The molecule has 6 nitrogen and oxygen atoms in total. The minimum Gasteiger partial charge on any atom is -0.490 e. The Morgan fingerprint density at radius 3 is 2.79 bits per heavy atom. The molecule has 24 heavy (non-hydrogen) atoms. The molecule has 0 amide bonds. The molecule has 1 heterocycles. The van der Waals surface area contributed by atoms with Crippen LogP contribution in [0.15, 0.2) is 18.2 Å². The number of carboxylic acid groups (broad SMARTS) is 1. The van der Waals surface area contributed by atoms with Crippen molar-refractivity contribution in [2.75, 3.05) is 32.8 Å². The average molecular weight is 336 g/mol. The number of nitrogens with zero attached hydrogens (tertiary/aromatic N) is 1. The maximum atomic E-state index is 11.9. The number of aliphatic carboxylic acids is 1. The van der Waals surface area contributed by atoms with Crippen LogP contribution in [0.2, 0.25) is 0 Å². The number of rotatable bonds is 8. The highest BCUT2D eigenvalue weighted by atomic mass is 16.5. The van der Waals surface area contributed by atoms with E-state index in [4.69, 9.17) is 9.47 Å². The molecular weight excluding hydrogens is 308 g/mol. The predicted molar refractivity (Wildman–Crippen MR) is 92.8 cm³/mol. The molecule has 6 heteroatoms. The largest absolute Gasteiger partial charge is 0.490 e. The summed E-state index contributed by atoms with van der Waals surface area (Å²) in [6.45, 7) is 9.40. The van der Waals surface area contributed by atoms with Crippen LogP contribution in [-0.4, -0.2) is 54.9 Å². The molecule has 2 atom stereocenters. The van der Waals surface area contributed by atoms with Crippen molar-refractivity contribution in [2.45, 2.75) is 39.3 Å². The van der Waals surface area contributed by atoms with Crippen molar-refractivity contribution >= 4 is 5.97 Å². The zero-order chi connectivity index (χ0) is 17.5. The van der Waals surface area contributed by atoms with Gasteiger partial charge in [-0.2, -0.15) is 0 Å². The third kappa shape index (κ3) is 4.39. The molecule has 2 rings (SSSR count). The van der Waals surface area contributed by atoms with Gasteiger partial charge in [-0.25, -0.2) is 0 Å². The highest BCUT2D eigenvalue weighted by Crippen LogP contribution is 2.33. The molecule has 1 aromatic rings. The third-order valence-electron chi connectivity index (χ3n) is 4.16. The summed E-state index contributed by atoms with van der Waals surface area (Å²) in [4.78, 5) is 14.0. The van der Waals surface area contributed by atoms with Gasteiger partial charge < -0.3 is 19.9 Å². The lowest BCUT2D eigenvalue weighted by Gasteiger charge is -2.38. The lowest BCUT2D eigenvalue weighted by Crippen LogP contribution is -2.52. The topological polar surface area (TPSA) is 71.0 Å². The molecule has 1 aliphatic heterocycles. The Morgan fingerprint density at radius 1 is 1.38 bits per heavy atom. The molecule has 0 aliphatic carbocycles. The van der Waals surface area contributed by atoms with E-state index in [1.165, 1.54) is 0 Å². The first-order chi connectivity index (χ1) is 11.6. The second-order valence-corrected chi connectivity index (χ2v) is 6.02. The van der Waals surface area contributed by atoms with Gasteiger partial charge in [-0.1, -0.05) is 13.0 Å². The minimum atomic E-state index is -0.839. The Hall–Kier alpha value is -1.79. The Balaban J connectivity index is 2.32. The number of nitrogens with one attached hydrogen (secondary N) is 1. The molecule has 0 radical (unpaired) electrons. The second kappa shape index (κ2) is 8.89. The molecule has 0 spiro atoms. The van der Waals surface area contributed by atoms with Gasteiger partial charge in [-0.3, -0.25) is 9.69 Å². The lowest BCUT2D eigenvalue weighted by atomic mass is 10.0. The van der Waals surface area contributed by atoms with Gasteiger partial charge in [0.25, 0.3) is 0 Å². The predicted octanol–water partition coefficient (Wildman–Crippen LogP) is 2.29. The number of hydrogen-bond acceptors (Lipinski definition) is 5. The van der Waals surface area contributed by atoms with E-state index < -0.39 is 12.0 Å². The summed E-state index contributed by atoms with van der Waals surface area (Å²) in [5.74, 6) is 0.436. The van der Waals surface area contributed by atoms with Crippen molar-refractivity contribution in [1.82, 2.24) is 10.2 Å². The number of benzene rings is 1. The van der Waals surface area contributed by atoms with E-state index in [1.54, 1.807) is 0 Å². The van der Waals surface area contributed by atoms with E-state index >= 15 is 0 Å². The molecule has 2 unspecified atom stereocenters. The highest BCUT2D eigenvalue weighted by Gasteiger charge is 2.32. The summed E-state index contributed by atoms with van der Waals surface area (Å²) >= 11 is 0. The fourth-order valence-corrected chi connectivity index (χ4v) is 3.01. The van der Waals surface area contributed by atoms with E-state index in [9.17, 15) is 9.90 Å². The van der Waals surface area contributed by atoms with Crippen LogP contribution < -0.4 is 14.8 Å². The van der Waals surface area contributed by atoms with Crippen LogP contribution in [-0.2, 0) is 4.79 Å². The van der Waals surface area contributed by atoms with Crippen LogP contribution in [0.4, 0.5) is 0 Å². The van der Waals surface area contributed by atoms with Crippen LogP contribution >= 0.6 is 0 Å². The zero-order valence-electron chi connectivity index (χ0n) is 14.7. The highest BCUT2D eigenvalue weighted by molar-refractivity contribution is 5.76. The van der Waals surface area contributed by atoms with Crippen molar-refractivity contribution in [1.29, 1.82) is 0 Å². The fraction of sp³-hybridized carbons (Fsp3) is 0.611. The minimum absolute atomic E-state index is 0.159. The van der Waals surface area contributed by atoms with Gasteiger partial charge in [0.15, 0.2) is 11.5 Å². The first kappa shape index (κ1) is 18.5. The molecule has 2 N–H and O–H groups in total. The molecular formula is C18H28N2O4. The van der Waals surface area contributed by atoms with E-state index in [0.29, 0.717) is 31.3 Å². The Labute approximate surface area is 143 Å². The second-order valence-electron chi connectivity index (χ2n) is 6.02. The van der Waals surface area contributed by atoms with Crippen LogP contribution in [0.5, 0.6) is 11.5 Å². The van der Waals surface area contributed by atoms with Crippen molar-refractivity contribution in [3.63, 3.8) is 0 Å². The number of carboxylic acids is 1. The Bertz CT molecular complexity index is 550. The normalized spacial score (nSPS) is 19.7. The maximum absolute atomic E-state index is 11.9. The van der Waals surface area contributed by atoms with Gasteiger partial charge in [-0.05, 0) is 38.0 Å².